The predicted molar refractivity (Wildman–Crippen MR) is 73.8 cm³/mol. The molecule has 1 rings (SSSR count). The SMILES string of the molecule is CNC(=O)Cc1ccc(NC(C)C(C)OC)cc1. The molecule has 1 aromatic carbocycles. The average Bonchev–Trinajstić information content (AvgIpc) is 2.39. The molecule has 100 valence electrons. The van der Waals surface area contributed by atoms with E-state index < -0.39 is 0 Å². The first kappa shape index (κ1) is 14.5. The third kappa shape index (κ3) is 4.37. The van der Waals surface area contributed by atoms with Gasteiger partial charge in [-0.25, -0.2) is 0 Å². The highest BCUT2D eigenvalue weighted by Crippen LogP contribution is 2.13. The monoisotopic (exact) mass is 250 g/mol. The molecule has 2 atom stereocenters. The Morgan fingerprint density at radius 1 is 1.28 bits per heavy atom. The van der Waals surface area contributed by atoms with Crippen molar-refractivity contribution in [3.05, 3.63) is 29.8 Å². The van der Waals surface area contributed by atoms with E-state index in [4.69, 9.17) is 4.74 Å². The lowest BCUT2D eigenvalue weighted by Gasteiger charge is -2.21. The predicted octanol–water partition coefficient (Wildman–Crippen LogP) is 1.81. The summed E-state index contributed by atoms with van der Waals surface area (Å²) >= 11 is 0. The highest BCUT2D eigenvalue weighted by Gasteiger charge is 2.10. The van der Waals surface area contributed by atoms with Gasteiger partial charge < -0.3 is 15.4 Å². The Kier molecular flexibility index (Phi) is 5.65. The Hall–Kier alpha value is -1.55. The van der Waals surface area contributed by atoms with Crippen LogP contribution in [0.3, 0.4) is 0 Å². The van der Waals surface area contributed by atoms with Crippen LogP contribution in [-0.4, -0.2) is 32.2 Å². The fourth-order valence-electron chi connectivity index (χ4n) is 1.58. The molecule has 0 fully saturated rings. The number of carbonyl (C=O) groups is 1. The molecule has 1 amide bonds. The Balaban J connectivity index is 2.57. The Morgan fingerprint density at radius 2 is 1.89 bits per heavy atom. The fourth-order valence-corrected chi connectivity index (χ4v) is 1.58. The van der Waals surface area contributed by atoms with Crippen molar-refractivity contribution < 1.29 is 9.53 Å². The number of benzene rings is 1. The summed E-state index contributed by atoms with van der Waals surface area (Å²) < 4.78 is 5.26. The van der Waals surface area contributed by atoms with E-state index in [0.29, 0.717) is 6.42 Å². The van der Waals surface area contributed by atoms with Gasteiger partial charge in [0, 0.05) is 25.9 Å². The third-order valence-electron chi connectivity index (χ3n) is 3.07. The van der Waals surface area contributed by atoms with E-state index >= 15 is 0 Å². The van der Waals surface area contributed by atoms with E-state index in [2.05, 4.69) is 17.6 Å². The van der Waals surface area contributed by atoms with Crippen LogP contribution in [0.25, 0.3) is 0 Å². The molecule has 0 aromatic heterocycles. The molecule has 0 spiro atoms. The van der Waals surface area contributed by atoms with Gasteiger partial charge in [-0.3, -0.25) is 4.79 Å². The first-order valence-electron chi connectivity index (χ1n) is 6.15. The zero-order chi connectivity index (χ0) is 13.5. The van der Waals surface area contributed by atoms with Crippen LogP contribution in [-0.2, 0) is 16.0 Å². The van der Waals surface area contributed by atoms with E-state index in [1.165, 1.54) is 0 Å². The Labute approximate surface area is 109 Å². The van der Waals surface area contributed by atoms with Gasteiger partial charge in [-0.05, 0) is 31.5 Å². The van der Waals surface area contributed by atoms with Gasteiger partial charge >= 0.3 is 0 Å². The number of carbonyl (C=O) groups excluding carboxylic acids is 1. The summed E-state index contributed by atoms with van der Waals surface area (Å²) in [7, 11) is 3.35. The maximum absolute atomic E-state index is 11.2. The van der Waals surface area contributed by atoms with Gasteiger partial charge in [0.15, 0.2) is 0 Å². The van der Waals surface area contributed by atoms with E-state index in [9.17, 15) is 4.79 Å². The van der Waals surface area contributed by atoms with Crippen molar-refractivity contribution in [3.63, 3.8) is 0 Å². The largest absolute Gasteiger partial charge is 0.380 e. The minimum atomic E-state index is 0.0251. The van der Waals surface area contributed by atoms with Crippen LogP contribution in [0.15, 0.2) is 24.3 Å². The molecule has 0 aliphatic rings. The van der Waals surface area contributed by atoms with Crippen molar-refractivity contribution >= 4 is 11.6 Å². The summed E-state index contributed by atoms with van der Waals surface area (Å²) in [5, 5.41) is 5.97. The smallest absolute Gasteiger partial charge is 0.224 e. The highest BCUT2D eigenvalue weighted by molar-refractivity contribution is 5.78. The first-order chi connectivity index (χ1) is 8.56. The summed E-state index contributed by atoms with van der Waals surface area (Å²) in [6.07, 6.45) is 0.566. The summed E-state index contributed by atoms with van der Waals surface area (Å²) in [5.41, 5.74) is 2.04. The van der Waals surface area contributed by atoms with Gasteiger partial charge in [-0.15, -0.1) is 0 Å². The van der Waals surface area contributed by atoms with Crippen LogP contribution in [0.2, 0.25) is 0 Å². The Bertz CT molecular complexity index is 376. The first-order valence-corrected chi connectivity index (χ1v) is 6.15. The number of methoxy groups -OCH3 is 1. The van der Waals surface area contributed by atoms with Gasteiger partial charge in [0.05, 0.1) is 12.5 Å². The van der Waals surface area contributed by atoms with Gasteiger partial charge in [0.1, 0.15) is 0 Å². The minimum absolute atomic E-state index is 0.0251. The zero-order valence-electron chi connectivity index (χ0n) is 11.5. The summed E-state index contributed by atoms with van der Waals surface area (Å²) in [4.78, 5) is 11.2. The Morgan fingerprint density at radius 3 is 2.39 bits per heavy atom. The molecule has 4 heteroatoms. The van der Waals surface area contributed by atoms with Crippen LogP contribution in [0.5, 0.6) is 0 Å². The number of anilines is 1. The number of ether oxygens (including phenoxy) is 1. The molecule has 0 bridgehead atoms. The minimum Gasteiger partial charge on any atom is -0.380 e. The van der Waals surface area contributed by atoms with Crippen molar-refractivity contribution in [1.82, 2.24) is 5.32 Å². The second-order valence-corrected chi connectivity index (χ2v) is 4.42. The molecule has 1 aromatic rings. The molecule has 0 saturated carbocycles. The van der Waals surface area contributed by atoms with E-state index in [0.717, 1.165) is 11.3 Å². The van der Waals surface area contributed by atoms with Crippen LogP contribution in [0, 0.1) is 0 Å². The lowest BCUT2D eigenvalue weighted by Crippen LogP contribution is -2.29. The van der Waals surface area contributed by atoms with Gasteiger partial charge in [-0.1, -0.05) is 12.1 Å². The van der Waals surface area contributed by atoms with Crippen molar-refractivity contribution in [2.75, 3.05) is 19.5 Å². The zero-order valence-corrected chi connectivity index (χ0v) is 11.5. The molecule has 2 N–H and O–H groups in total. The molecule has 0 saturated heterocycles. The molecule has 0 radical (unpaired) electrons. The average molecular weight is 250 g/mol. The summed E-state index contributed by atoms with van der Waals surface area (Å²) in [5.74, 6) is 0.0251. The lowest BCUT2D eigenvalue weighted by atomic mass is 10.1. The standard InChI is InChI=1S/C14H22N2O2/c1-10(11(2)18-4)16-13-7-5-12(6-8-13)9-14(17)15-3/h5-8,10-11,16H,9H2,1-4H3,(H,15,17). The van der Waals surface area contributed by atoms with Gasteiger partial charge in [0.25, 0.3) is 0 Å². The van der Waals surface area contributed by atoms with E-state index in [1.54, 1.807) is 14.2 Å². The fraction of sp³-hybridized carbons (Fsp3) is 0.500. The number of hydrogen-bond acceptors (Lipinski definition) is 3. The lowest BCUT2D eigenvalue weighted by molar-refractivity contribution is -0.119. The molecular formula is C14H22N2O2. The van der Waals surface area contributed by atoms with Crippen molar-refractivity contribution in [1.29, 1.82) is 0 Å². The van der Waals surface area contributed by atoms with E-state index in [-0.39, 0.29) is 18.1 Å². The molecule has 18 heavy (non-hydrogen) atoms. The maximum Gasteiger partial charge on any atom is 0.224 e. The molecule has 0 aliphatic carbocycles. The van der Waals surface area contributed by atoms with Crippen molar-refractivity contribution in [2.24, 2.45) is 0 Å². The van der Waals surface area contributed by atoms with Crippen LogP contribution >= 0.6 is 0 Å². The highest BCUT2D eigenvalue weighted by atomic mass is 16.5. The number of amides is 1. The number of likely N-dealkylation sites (N-methyl/N-ethyl adjacent to an activating group) is 1. The number of rotatable bonds is 6. The van der Waals surface area contributed by atoms with Gasteiger partial charge in [0.2, 0.25) is 5.91 Å². The molecular weight excluding hydrogens is 228 g/mol. The summed E-state index contributed by atoms with van der Waals surface area (Å²) in [6.45, 7) is 4.10. The van der Waals surface area contributed by atoms with Crippen molar-refractivity contribution in [2.45, 2.75) is 32.4 Å². The third-order valence-corrected chi connectivity index (χ3v) is 3.07. The van der Waals surface area contributed by atoms with E-state index in [1.807, 2.05) is 31.2 Å². The van der Waals surface area contributed by atoms with Crippen LogP contribution < -0.4 is 10.6 Å². The van der Waals surface area contributed by atoms with Crippen LogP contribution in [0.1, 0.15) is 19.4 Å². The van der Waals surface area contributed by atoms with Crippen molar-refractivity contribution in [3.8, 4) is 0 Å². The topological polar surface area (TPSA) is 50.4 Å². The molecule has 0 heterocycles. The molecule has 0 aliphatic heterocycles. The van der Waals surface area contributed by atoms with Crippen LogP contribution in [0.4, 0.5) is 5.69 Å². The number of nitrogens with one attached hydrogen (secondary N) is 2. The second-order valence-electron chi connectivity index (χ2n) is 4.42. The maximum atomic E-state index is 11.2. The second kappa shape index (κ2) is 7.01. The number of hydrogen-bond donors (Lipinski definition) is 2. The summed E-state index contributed by atoms with van der Waals surface area (Å²) in [6, 6.07) is 8.12. The molecule has 4 nitrogen and oxygen atoms in total. The normalized spacial score (nSPS) is 13.8. The quantitative estimate of drug-likeness (QED) is 0.809. The van der Waals surface area contributed by atoms with Gasteiger partial charge in [-0.2, -0.15) is 0 Å². The molecule has 2 unspecified atom stereocenters.